The van der Waals surface area contributed by atoms with Crippen molar-refractivity contribution in [1.29, 1.82) is 0 Å². The van der Waals surface area contributed by atoms with E-state index in [4.69, 9.17) is 11.6 Å². The van der Waals surface area contributed by atoms with E-state index >= 15 is 0 Å². The zero-order valence-electron chi connectivity index (χ0n) is 11.8. The molecule has 0 aliphatic rings. The summed E-state index contributed by atoms with van der Waals surface area (Å²) in [5.74, 6) is 0.569. The van der Waals surface area contributed by atoms with E-state index in [-0.39, 0.29) is 0 Å². The first kappa shape index (κ1) is 15.5. The number of aromatic nitrogens is 3. The number of anilines is 1. The quantitative estimate of drug-likeness (QED) is 0.703. The fraction of sp³-hybridized carbons (Fsp3) is 0.133. The molecule has 3 aromatic rings. The van der Waals surface area contributed by atoms with Gasteiger partial charge in [0.15, 0.2) is 0 Å². The molecule has 23 heavy (non-hydrogen) atoms. The average molecular weight is 339 g/mol. The zero-order chi connectivity index (χ0) is 16.6. The van der Waals surface area contributed by atoms with E-state index in [1.165, 1.54) is 6.20 Å². The van der Waals surface area contributed by atoms with Gasteiger partial charge in [0.1, 0.15) is 11.0 Å². The molecule has 0 saturated heterocycles. The number of rotatable bonds is 2. The average Bonchev–Trinajstić information content (AvgIpc) is 2.53. The molecule has 2 heterocycles. The molecule has 0 amide bonds. The smallest absolute Gasteiger partial charge is 0.372 e. The molecular formula is C15H10ClF3N4. The van der Waals surface area contributed by atoms with Crippen molar-refractivity contribution in [3.8, 4) is 11.1 Å². The second-order valence-corrected chi connectivity index (χ2v) is 5.13. The van der Waals surface area contributed by atoms with Crippen LogP contribution in [0.15, 0.2) is 36.7 Å². The van der Waals surface area contributed by atoms with Gasteiger partial charge in [0.25, 0.3) is 0 Å². The van der Waals surface area contributed by atoms with Crippen molar-refractivity contribution in [2.75, 3.05) is 12.4 Å². The monoisotopic (exact) mass is 338 g/mol. The Bertz CT molecular complexity index is 880. The van der Waals surface area contributed by atoms with Gasteiger partial charge in [0, 0.05) is 18.8 Å². The fourth-order valence-electron chi connectivity index (χ4n) is 2.12. The first-order chi connectivity index (χ1) is 10.9. The van der Waals surface area contributed by atoms with Crippen LogP contribution in [0.1, 0.15) is 5.56 Å². The van der Waals surface area contributed by atoms with Crippen LogP contribution < -0.4 is 5.32 Å². The van der Waals surface area contributed by atoms with E-state index in [0.29, 0.717) is 28.0 Å². The summed E-state index contributed by atoms with van der Waals surface area (Å²) in [5, 5.41) is 2.29. The summed E-state index contributed by atoms with van der Waals surface area (Å²) >= 11 is 5.54. The zero-order valence-corrected chi connectivity index (χ0v) is 12.6. The number of fused-ring (bicyclic) bond motifs is 1. The second kappa shape index (κ2) is 5.66. The number of alkyl halides is 3. The Morgan fingerprint density at radius 3 is 2.48 bits per heavy atom. The third-order valence-electron chi connectivity index (χ3n) is 3.28. The molecule has 0 aliphatic heterocycles. The molecule has 0 radical (unpaired) electrons. The molecule has 1 N–H and O–H groups in total. The molecular weight excluding hydrogens is 329 g/mol. The Balaban J connectivity index is 2.13. The summed E-state index contributed by atoms with van der Waals surface area (Å²) in [7, 11) is 1.71. The third kappa shape index (κ3) is 3.05. The SMILES string of the molecule is CNc1cnc2ccc(-c3cnc(Cl)c(C(F)(F)F)c3)cc2n1. The highest BCUT2D eigenvalue weighted by molar-refractivity contribution is 6.30. The maximum atomic E-state index is 12.9. The summed E-state index contributed by atoms with van der Waals surface area (Å²) in [6.45, 7) is 0. The lowest BCUT2D eigenvalue weighted by Gasteiger charge is -2.10. The fourth-order valence-corrected chi connectivity index (χ4v) is 2.33. The maximum Gasteiger partial charge on any atom is 0.419 e. The number of hydrogen-bond acceptors (Lipinski definition) is 4. The Morgan fingerprint density at radius 1 is 1.00 bits per heavy atom. The van der Waals surface area contributed by atoms with Gasteiger partial charge >= 0.3 is 6.18 Å². The van der Waals surface area contributed by atoms with Crippen LogP contribution >= 0.6 is 11.6 Å². The number of benzene rings is 1. The largest absolute Gasteiger partial charge is 0.419 e. The highest BCUT2D eigenvalue weighted by Crippen LogP contribution is 2.36. The molecule has 8 heteroatoms. The highest BCUT2D eigenvalue weighted by Gasteiger charge is 2.34. The van der Waals surface area contributed by atoms with Crippen LogP contribution in [0.4, 0.5) is 19.0 Å². The maximum absolute atomic E-state index is 12.9. The molecule has 1 aromatic carbocycles. The normalized spacial score (nSPS) is 11.7. The third-order valence-corrected chi connectivity index (χ3v) is 3.58. The van der Waals surface area contributed by atoms with Crippen LogP contribution in [-0.4, -0.2) is 22.0 Å². The molecule has 118 valence electrons. The van der Waals surface area contributed by atoms with E-state index in [9.17, 15) is 13.2 Å². The van der Waals surface area contributed by atoms with Gasteiger partial charge in [-0.3, -0.25) is 4.98 Å². The van der Waals surface area contributed by atoms with Crippen molar-refractivity contribution in [3.05, 3.63) is 47.4 Å². The molecule has 0 bridgehead atoms. The summed E-state index contributed by atoms with van der Waals surface area (Å²) in [6, 6.07) is 6.00. The van der Waals surface area contributed by atoms with Crippen molar-refractivity contribution in [2.45, 2.75) is 6.18 Å². The van der Waals surface area contributed by atoms with Gasteiger partial charge in [-0.15, -0.1) is 0 Å². The number of pyridine rings is 1. The minimum atomic E-state index is -4.56. The van der Waals surface area contributed by atoms with Crippen molar-refractivity contribution < 1.29 is 13.2 Å². The number of nitrogens with one attached hydrogen (secondary N) is 1. The van der Waals surface area contributed by atoms with E-state index in [2.05, 4.69) is 20.3 Å². The van der Waals surface area contributed by atoms with Crippen LogP contribution in [0.25, 0.3) is 22.2 Å². The predicted octanol–water partition coefficient (Wildman–Crippen LogP) is 4.41. The van der Waals surface area contributed by atoms with Crippen LogP contribution in [0, 0.1) is 0 Å². The van der Waals surface area contributed by atoms with Gasteiger partial charge in [-0.2, -0.15) is 13.2 Å². The van der Waals surface area contributed by atoms with Gasteiger partial charge in [-0.05, 0) is 23.8 Å². The van der Waals surface area contributed by atoms with Crippen LogP contribution in [0.2, 0.25) is 5.15 Å². The Kier molecular flexibility index (Phi) is 3.81. The molecule has 0 atom stereocenters. The predicted molar refractivity (Wildman–Crippen MR) is 82.3 cm³/mol. The molecule has 0 saturated carbocycles. The van der Waals surface area contributed by atoms with Gasteiger partial charge in [0.2, 0.25) is 0 Å². The second-order valence-electron chi connectivity index (χ2n) is 4.77. The van der Waals surface area contributed by atoms with Crippen molar-refractivity contribution in [3.63, 3.8) is 0 Å². The van der Waals surface area contributed by atoms with E-state index in [0.717, 1.165) is 6.07 Å². The molecule has 2 aromatic heterocycles. The molecule has 0 aliphatic carbocycles. The molecule has 0 fully saturated rings. The highest BCUT2D eigenvalue weighted by atomic mass is 35.5. The standard InChI is InChI=1S/C15H10ClF3N4/c1-20-13-7-21-11-3-2-8(5-12(11)23-13)9-4-10(15(17,18)19)14(16)22-6-9/h2-7H,1H3,(H,20,23). The van der Waals surface area contributed by atoms with E-state index in [1.807, 2.05) is 0 Å². The van der Waals surface area contributed by atoms with E-state index < -0.39 is 16.9 Å². The lowest BCUT2D eigenvalue weighted by atomic mass is 10.0. The Labute approximate surface area is 134 Å². The molecule has 3 rings (SSSR count). The Morgan fingerprint density at radius 2 is 1.78 bits per heavy atom. The summed E-state index contributed by atoms with van der Waals surface area (Å²) < 4.78 is 38.8. The van der Waals surface area contributed by atoms with Crippen molar-refractivity contribution in [1.82, 2.24) is 15.0 Å². The summed E-state index contributed by atoms with van der Waals surface area (Å²) in [5.41, 5.74) is 1.10. The molecule has 0 spiro atoms. The first-order valence-electron chi connectivity index (χ1n) is 6.56. The lowest BCUT2D eigenvalue weighted by Crippen LogP contribution is -2.07. The van der Waals surface area contributed by atoms with Gasteiger partial charge in [-0.1, -0.05) is 17.7 Å². The summed E-state index contributed by atoms with van der Waals surface area (Å²) in [6.07, 6.45) is -1.68. The topological polar surface area (TPSA) is 50.7 Å². The van der Waals surface area contributed by atoms with Gasteiger partial charge < -0.3 is 5.32 Å². The van der Waals surface area contributed by atoms with Gasteiger partial charge in [-0.25, -0.2) is 9.97 Å². The van der Waals surface area contributed by atoms with Crippen molar-refractivity contribution in [2.24, 2.45) is 0 Å². The number of nitrogens with zero attached hydrogens (tertiary/aromatic N) is 3. The minimum absolute atomic E-state index is 0.306. The van der Waals surface area contributed by atoms with E-state index in [1.54, 1.807) is 31.4 Å². The van der Waals surface area contributed by atoms with Gasteiger partial charge in [0.05, 0.1) is 22.8 Å². The molecule has 4 nitrogen and oxygen atoms in total. The number of hydrogen-bond donors (Lipinski definition) is 1. The summed E-state index contributed by atoms with van der Waals surface area (Å²) in [4.78, 5) is 12.2. The lowest BCUT2D eigenvalue weighted by molar-refractivity contribution is -0.137. The van der Waals surface area contributed by atoms with Crippen LogP contribution in [-0.2, 0) is 6.18 Å². The molecule has 0 unspecified atom stereocenters. The minimum Gasteiger partial charge on any atom is -0.372 e. The van der Waals surface area contributed by atoms with Crippen molar-refractivity contribution >= 4 is 28.5 Å². The van der Waals surface area contributed by atoms with Crippen LogP contribution in [0.5, 0.6) is 0 Å². The first-order valence-corrected chi connectivity index (χ1v) is 6.94. The number of halogens is 4. The Hall–Kier alpha value is -2.41. The van der Waals surface area contributed by atoms with Crippen LogP contribution in [0.3, 0.4) is 0 Å².